The van der Waals surface area contributed by atoms with Crippen LogP contribution in [0.2, 0.25) is 5.02 Å². The summed E-state index contributed by atoms with van der Waals surface area (Å²) in [7, 11) is 0. The van der Waals surface area contributed by atoms with Gasteiger partial charge in [-0.05, 0) is 31.2 Å². The highest BCUT2D eigenvalue weighted by atomic mass is 35.5. The van der Waals surface area contributed by atoms with E-state index in [1.807, 2.05) is 36.4 Å². The molecule has 26 heavy (non-hydrogen) atoms. The normalized spacial score (nSPS) is 17.3. The summed E-state index contributed by atoms with van der Waals surface area (Å²) in [5.41, 5.74) is 2.81. The van der Waals surface area contributed by atoms with Gasteiger partial charge in [0.15, 0.2) is 5.82 Å². The van der Waals surface area contributed by atoms with E-state index in [0.717, 1.165) is 42.3 Å². The Morgan fingerprint density at radius 1 is 1.12 bits per heavy atom. The Hall–Kier alpha value is -2.50. The topological polar surface area (TPSA) is 53.9 Å². The molecule has 1 aliphatic rings. The highest BCUT2D eigenvalue weighted by Gasteiger charge is 2.21. The number of benzene rings is 1. The van der Waals surface area contributed by atoms with Crippen LogP contribution in [0, 0.1) is 0 Å². The number of rotatable bonds is 3. The van der Waals surface area contributed by atoms with Crippen LogP contribution in [0.5, 0.6) is 0 Å². The van der Waals surface area contributed by atoms with Crippen LogP contribution in [-0.2, 0) is 0 Å². The van der Waals surface area contributed by atoms with Gasteiger partial charge in [-0.15, -0.1) is 0 Å². The Kier molecular flexibility index (Phi) is 4.82. The summed E-state index contributed by atoms with van der Waals surface area (Å²) < 4.78 is 0. The molecule has 0 saturated carbocycles. The molecule has 4 rings (SSSR count). The second kappa shape index (κ2) is 7.40. The highest BCUT2D eigenvalue weighted by molar-refractivity contribution is 6.30. The van der Waals surface area contributed by atoms with Crippen LogP contribution >= 0.6 is 11.6 Å². The Morgan fingerprint density at radius 3 is 2.69 bits per heavy atom. The SMILES string of the molecule is C[C@@H]1CNCCN1c1cc(-c2ccc(Cl)cc2)nc(-c2cccnc2)n1. The van der Waals surface area contributed by atoms with Gasteiger partial charge in [0, 0.05) is 60.3 Å². The average molecular weight is 366 g/mol. The van der Waals surface area contributed by atoms with Crippen molar-refractivity contribution in [3.05, 3.63) is 59.9 Å². The van der Waals surface area contributed by atoms with Crippen molar-refractivity contribution in [2.75, 3.05) is 24.5 Å². The molecule has 132 valence electrons. The van der Waals surface area contributed by atoms with E-state index in [4.69, 9.17) is 21.6 Å². The molecule has 0 spiro atoms. The Bertz CT molecular complexity index is 882. The van der Waals surface area contributed by atoms with Crippen LogP contribution in [0.3, 0.4) is 0 Å². The number of anilines is 1. The predicted molar refractivity (Wildman–Crippen MR) is 105 cm³/mol. The van der Waals surface area contributed by atoms with Gasteiger partial charge in [-0.25, -0.2) is 9.97 Å². The van der Waals surface area contributed by atoms with Gasteiger partial charge in [-0.1, -0.05) is 23.7 Å². The minimum Gasteiger partial charge on any atom is -0.351 e. The molecule has 1 aromatic carbocycles. The average Bonchev–Trinajstić information content (AvgIpc) is 2.69. The van der Waals surface area contributed by atoms with Crippen molar-refractivity contribution >= 4 is 17.4 Å². The van der Waals surface area contributed by atoms with Crippen molar-refractivity contribution in [2.45, 2.75) is 13.0 Å². The highest BCUT2D eigenvalue weighted by Crippen LogP contribution is 2.27. The zero-order valence-corrected chi connectivity index (χ0v) is 15.3. The van der Waals surface area contributed by atoms with Crippen molar-refractivity contribution in [3.63, 3.8) is 0 Å². The second-order valence-corrected chi connectivity index (χ2v) is 6.87. The molecule has 0 aliphatic carbocycles. The van der Waals surface area contributed by atoms with Gasteiger partial charge < -0.3 is 10.2 Å². The zero-order chi connectivity index (χ0) is 17.9. The van der Waals surface area contributed by atoms with Crippen LogP contribution in [0.15, 0.2) is 54.9 Å². The van der Waals surface area contributed by atoms with Crippen LogP contribution in [0.4, 0.5) is 5.82 Å². The van der Waals surface area contributed by atoms with E-state index in [2.05, 4.69) is 28.2 Å². The zero-order valence-electron chi connectivity index (χ0n) is 14.6. The Morgan fingerprint density at radius 2 is 1.96 bits per heavy atom. The number of aromatic nitrogens is 3. The van der Waals surface area contributed by atoms with Crippen molar-refractivity contribution in [2.24, 2.45) is 0 Å². The first kappa shape index (κ1) is 16.9. The lowest BCUT2D eigenvalue weighted by Gasteiger charge is -2.35. The molecule has 3 heterocycles. The van der Waals surface area contributed by atoms with Gasteiger partial charge in [0.1, 0.15) is 5.82 Å². The van der Waals surface area contributed by atoms with Crippen molar-refractivity contribution in [3.8, 4) is 22.6 Å². The number of nitrogens with one attached hydrogen (secondary N) is 1. The predicted octanol–water partition coefficient (Wildman–Crippen LogP) is 3.66. The second-order valence-electron chi connectivity index (χ2n) is 6.43. The first-order valence-electron chi connectivity index (χ1n) is 8.73. The summed E-state index contributed by atoms with van der Waals surface area (Å²) in [5, 5.41) is 4.14. The first-order chi connectivity index (χ1) is 12.7. The van der Waals surface area contributed by atoms with E-state index in [0.29, 0.717) is 16.9 Å². The molecular formula is C20H20ClN5. The summed E-state index contributed by atoms with van der Waals surface area (Å²) in [6.45, 7) is 5.03. The number of halogens is 1. The summed E-state index contributed by atoms with van der Waals surface area (Å²) in [5.74, 6) is 1.63. The molecule has 1 aliphatic heterocycles. The van der Waals surface area contributed by atoms with E-state index in [1.165, 1.54) is 0 Å². The molecule has 1 N–H and O–H groups in total. The van der Waals surface area contributed by atoms with Crippen molar-refractivity contribution in [1.29, 1.82) is 0 Å². The largest absolute Gasteiger partial charge is 0.351 e. The number of nitrogens with zero attached hydrogens (tertiary/aromatic N) is 4. The molecular weight excluding hydrogens is 346 g/mol. The standard InChI is InChI=1S/C20H20ClN5/c1-14-12-23-9-10-26(14)19-11-18(15-4-6-17(21)7-5-15)24-20(25-19)16-3-2-8-22-13-16/h2-8,11,13-14,23H,9-10,12H2,1H3/t14-/m1/s1. The quantitative estimate of drug-likeness (QED) is 0.767. The van der Waals surface area contributed by atoms with Gasteiger partial charge in [0.25, 0.3) is 0 Å². The molecule has 1 saturated heterocycles. The summed E-state index contributed by atoms with van der Waals surface area (Å²) in [6.07, 6.45) is 3.55. The molecule has 0 radical (unpaired) electrons. The smallest absolute Gasteiger partial charge is 0.163 e. The van der Waals surface area contributed by atoms with Gasteiger partial charge in [0.05, 0.1) is 5.69 Å². The van der Waals surface area contributed by atoms with Crippen molar-refractivity contribution in [1.82, 2.24) is 20.3 Å². The fourth-order valence-corrected chi connectivity index (χ4v) is 3.28. The fraction of sp³-hybridized carbons (Fsp3) is 0.250. The van der Waals surface area contributed by atoms with E-state index in [1.54, 1.807) is 12.4 Å². The molecule has 6 heteroatoms. The molecule has 3 aromatic rings. The van der Waals surface area contributed by atoms with E-state index >= 15 is 0 Å². The lowest BCUT2D eigenvalue weighted by molar-refractivity contribution is 0.497. The molecule has 0 unspecified atom stereocenters. The molecule has 0 amide bonds. The van der Waals surface area contributed by atoms with Crippen LogP contribution in [0.1, 0.15) is 6.92 Å². The number of hydrogen-bond donors (Lipinski definition) is 1. The minimum absolute atomic E-state index is 0.374. The molecule has 5 nitrogen and oxygen atoms in total. The maximum atomic E-state index is 6.04. The van der Waals surface area contributed by atoms with Gasteiger partial charge in [-0.2, -0.15) is 0 Å². The van der Waals surface area contributed by atoms with Crippen molar-refractivity contribution < 1.29 is 0 Å². The Balaban J connectivity index is 1.83. The maximum absolute atomic E-state index is 6.04. The van der Waals surface area contributed by atoms with Crippen LogP contribution < -0.4 is 10.2 Å². The van der Waals surface area contributed by atoms with E-state index in [-0.39, 0.29) is 0 Å². The van der Waals surface area contributed by atoms with Crippen LogP contribution in [-0.4, -0.2) is 40.6 Å². The lowest BCUT2D eigenvalue weighted by atomic mass is 10.1. The lowest BCUT2D eigenvalue weighted by Crippen LogP contribution is -2.50. The van der Waals surface area contributed by atoms with E-state index in [9.17, 15) is 0 Å². The molecule has 0 bridgehead atoms. The monoisotopic (exact) mass is 365 g/mol. The molecule has 2 aromatic heterocycles. The number of pyridine rings is 1. The maximum Gasteiger partial charge on any atom is 0.163 e. The first-order valence-corrected chi connectivity index (χ1v) is 9.11. The summed E-state index contributed by atoms with van der Waals surface area (Å²) in [4.78, 5) is 16.2. The summed E-state index contributed by atoms with van der Waals surface area (Å²) in [6, 6.07) is 14.1. The van der Waals surface area contributed by atoms with Gasteiger partial charge in [-0.3, -0.25) is 4.98 Å². The van der Waals surface area contributed by atoms with Gasteiger partial charge in [0.2, 0.25) is 0 Å². The number of hydrogen-bond acceptors (Lipinski definition) is 5. The summed E-state index contributed by atoms with van der Waals surface area (Å²) >= 11 is 6.04. The Labute approximate surface area is 158 Å². The number of piperazine rings is 1. The molecule has 1 fully saturated rings. The third-order valence-corrected chi connectivity index (χ3v) is 4.82. The molecule has 1 atom stereocenters. The third-order valence-electron chi connectivity index (χ3n) is 4.57. The third kappa shape index (κ3) is 3.54. The minimum atomic E-state index is 0.374. The fourth-order valence-electron chi connectivity index (χ4n) is 3.16. The van der Waals surface area contributed by atoms with Gasteiger partial charge >= 0.3 is 0 Å². The van der Waals surface area contributed by atoms with E-state index < -0.39 is 0 Å². The van der Waals surface area contributed by atoms with Crippen LogP contribution in [0.25, 0.3) is 22.6 Å².